The van der Waals surface area contributed by atoms with Gasteiger partial charge in [-0.25, -0.2) is 4.98 Å². The van der Waals surface area contributed by atoms with Crippen LogP contribution in [-0.2, 0) is 16.1 Å². The Kier molecular flexibility index (Phi) is 8.50. The number of nitriles is 1. The first-order valence-electron chi connectivity index (χ1n) is 19.2. The van der Waals surface area contributed by atoms with E-state index in [9.17, 15) is 29.2 Å². The minimum absolute atomic E-state index is 0.0404. The van der Waals surface area contributed by atoms with Gasteiger partial charge in [0.15, 0.2) is 0 Å². The smallest absolute Gasteiger partial charge is 0.262 e. The van der Waals surface area contributed by atoms with Gasteiger partial charge in [-0.1, -0.05) is 45.2 Å². The Balaban J connectivity index is 0.783. The van der Waals surface area contributed by atoms with Crippen molar-refractivity contribution in [1.82, 2.24) is 25.0 Å². The molecule has 3 aromatic rings. The van der Waals surface area contributed by atoms with Crippen molar-refractivity contribution < 1.29 is 28.7 Å². The van der Waals surface area contributed by atoms with Gasteiger partial charge in [0.25, 0.3) is 17.7 Å². The van der Waals surface area contributed by atoms with E-state index in [-0.39, 0.29) is 58.8 Å². The summed E-state index contributed by atoms with van der Waals surface area (Å²) in [4.78, 5) is 76.4. The SMILES string of the molecule is CC1(C)[C@H](Oc2ccc(C#N)c(Cl)c2)C(C)(C)[C@H]1N1Cc2nc(C#CC3CN(C4CN(c5ccc6c(c5)C(=O)N(C5CCC(=O)NC5=O)C6=O)C4)C3)ccc2C1=O. The number of amides is 5. The summed E-state index contributed by atoms with van der Waals surface area (Å²) in [7, 11) is 0. The third-order valence-electron chi connectivity index (χ3n) is 12.7. The van der Waals surface area contributed by atoms with E-state index in [1.165, 1.54) is 0 Å². The first kappa shape index (κ1) is 36.9. The summed E-state index contributed by atoms with van der Waals surface area (Å²) in [6.45, 7) is 12.1. The van der Waals surface area contributed by atoms with E-state index in [0.29, 0.717) is 40.2 Å². The number of pyridine rings is 1. The van der Waals surface area contributed by atoms with Crippen LogP contribution in [0, 0.1) is 39.9 Å². The van der Waals surface area contributed by atoms with Crippen molar-refractivity contribution in [2.24, 2.45) is 16.7 Å². The highest BCUT2D eigenvalue weighted by Gasteiger charge is 2.67. The second-order valence-electron chi connectivity index (χ2n) is 17.1. The van der Waals surface area contributed by atoms with Crippen LogP contribution in [-0.4, -0.2) is 99.6 Å². The van der Waals surface area contributed by atoms with Gasteiger partial charge < -0.3 is 14.5 Å². The summed E-state index contributed by atoms with van der Waals surface area (Å²) in [5, 5.41) is 11.8. The molecule has 0 radical (unpaired) electrons. The minimum Gasteiger partial charge on any atom is -0.489 e. The van der Waals surface area contributed by atoms with Crippen molar-refractivity contribution in [3.63, 3.8) is 0 Å². The van der Waals surface area contributed by atoms with Gasteiger partial charge in [0.05, 0.1) is 39.5 Å². The lowest BCUT2D eigenvalue weighted by Crippen LogP contribution is -2.74. The van der Waals surface area contributed by atoms with Crippen LogP contribution in [0.2, 0.25) is 5.02 Å². The Labute approximate surface area is 334 Å². The van der Waals surface area contributed by atoms with Gasteiger partial charge in [0, 0.05) is 73.2 Å². The molecule has 0 spiro atoms. The van der Waals surface area contributed by atoms with Gasteiger partial charge in [0.2, 0.25) is 11.8 Å². The lowest BCUT2D eigenvalue weighted by Gasteiger charge is -2.65. The normalized spacial score (nSPS) is 25.1. The fourth-order valence-corrected chi connectivity index (χ4v) is 10.3. The number of hydrogen-bond acceptors (Lipinski definition) is 10. The van der Waals surface area contributed by atoms with E-state index >= 15 is 0 Å². The fourth-order valence-electron chi connectivity index (χ4n) is 10.1. The molecule has 57 heavy (non-hydrogen) atoms. The Hall–Kier alpha value is -5.76. The maximum absolute atomic E-state index is 13.7. The minimum atomic E-state index is -0.987. The predicted molar refractivity (Wildman–Crippen MR) is 207 cm³/mol. The van der Waals surface area contributed by atoms with Gasteiger partial charge in [-0.2, -0.15) is 5.26 Å². The lowest BCUT2D eigenvalue weighted by atomic mass is 9.49. The average molecular weight is 786 g/mol. The molecule has 13 nitrogen and oxygen atoms in total. The molecule has 6 aliphatic rings. The van der Waals surface area contributed by atoms with Crippen LogP contribution in [0.1, 0.15) is 88.6 Å². The molecule has 1 aliphatic carbocycles. The third-order valence-corrected chi connectivity index (χ3v) is 13.0. The van der Waals surface area contributed by atoms with E-state index in [4.69, 9.17) is 21.3 Å². The molecule has 3 saturated heterocycles. The summed E-state index contributed by atoms with van der Waals surface area (Å²) in [6, 6.07) is 15.3. The Morgan fingerprint density at radius 2 is 1.60 bits per heavy atom. The van der Waals surface area contributed by atoms with Crippen LogP contribution in [0.4, 0.5) is 5.69 Å². The first-order chi connectivity index (χ1) is 27.1. The summed E-state index contributed by atoms with van der Waals surface area (Å²) in [5.74, 6) is 5.34. The number of imide groups is 2. The molecule has 4 fully saturated rings. The highest BCUT2D eigenvalue weighted by molar-refractivity contribution is 6.31. The van der Waals surface area contributed by atoms with Crippen molar-refractivity contribution >= 4 is 46.8 Å². The standard InChI is InChI=1S/C43H40ClN7O6/c1-42(2)40(43(3,4)41(42)57-28-10-6-24(17-45)32(44)16-28)50-22-33-30(37(50)54)11-8-25(46-33)7-5-23-18-48(19-23)27-20-49(21-27)26-9-12-29-31(15-26)39(56)51(38(29)55)34-13-14-35(52)47-36(34)53/h6,8-12,15-16,23,27,34,40-41H,13-14,18-22H2,1-4H3,(H,47,52,53)/t34?,40-,41-. The van der Waals surface area contributed by atoms with Crippen LogP contribution in [0.3, 0.4) is 0 Å². The molecule has 5 aliphatic heterocycles. The first-order valence-corrected chi connectivity index (χ1v) is 19.6. The van der Waals surface area contributed by atoms with Crippen LogP contribution < -0.4 is 15.0 Å². The Bertz CT molecular complexity index is 2400. The van der Waals surface area contributed by atoms with Crippen LogP contribution in [0.5, 0.6) is 5.75 Å². The fraction of sp³-hybridized carbons (Fsp3) is 0.419. The second-order valence-corrected chi connectivity index (χ2v) is 17.5. The number of anilines is 1. The molecule has 290 valence electrons. The van der Waals surface area contributed by atoms with Crippen LogP contribution in [0.25, 0.3) is 0 Å². The van der Waals surface area contributed by atoms with E-state index < -0.39 is 29.7 Å². The van der Waals surface area contributed by atoms with Gasteiger partial charge in [-0.15, -0.1) is 0 Å². The van der Waals surface area contributed by atoms with Crippen LogP contribution >= 0.6 is 11.6 Å². The quantitative estimate of drug-likeness (QED) is 0.286. The average Bonchev–Trinajstić information content (AvgIpc) is 3.57. The topological polar surface area (TPSA) is 156 Å². The van der Waals surface area contributed by atoms with Gasteiger partial charge >= 0.3 is 0 Å². The zero-order chi connectivity index (χ0) is 40.1. The molecular weight excluding hydrogens is 746 g/mol. The highest BCUT2D eigenvalue weighted by atomic mass is 35.5. The number of nitrogens with zero attached hydrogens (tertiary/aromatic N) is 6. The molecule has 9 rings (SSSR count). The van der Waals surface area contributed by atoms with E-state index in [2.05, 4.69) is 60.7 Å². The summed E-state index contributed by atoms with van der Waals surface area (Å²) >= 11 is 6.27. The number of carbonyl (C=O) groups is 5. The number of aromatic nitrogens is 1. The van der Waals surface area contributed by atoms with E-state index in [1.807, 2.05) is 23.1 Å². The second kappa shape index (κ2) is 13.2. The van der Waals surface area contributed by atoms with Crippen molar-refractivity contribution in [2.45, 2.75) is 71.3 Å². The summed E-state index contributed by atoms with van der Waals surface area (Å²) in [6.07, 6.45) is -0.0000633. The molecule has 1 aromatic heterocycles. The van der Waals surface area contributed by atoms with E-state index in [1.54, 1.807) is 30.3 Å². The lowest BCUT2D eigenvalue weighted by molar-refractivity contribution is -0.199. The predicted octanol–water partition coefficient (Wildman–Crippen LogP) is 4.02. The van der Waals surface area contributed by atoms with Gasteiger partial charge in [-0.3, -0.25) is 39.1 Å². The molecule has 0 bridgehead atoms. The molecule has 6 heterocycles. The number of piperidine rings is 1. The van der Waals surface area contributed by atoms with Crippen molar-refractivity contribution in [3.05, 3.63) is 87.2 Å². The number of fused-ring (bicyclic) bond motifs is 2. The zero-order valence-electron chi connectivity index (χ0n) is 32.0. The number of rotatable bonds is 6. The molecular formula is C43H40ClN7O6. The van der Waals surface area contributed by atoms with Crippen molar-refractivity contribution in [1.29, 1.82) is 5.26 Å². The maximum atomic E-state index is 13.7. The molecule has 2 aromatic carbocycles. The van der Waals surface area contributed by atoms with Gasteiger partial charge in [-0.05, 0) is 54.8 Å². The Morgan fingerprint density at radius 3 is 2.30 bits per heavy atom. The summed E-state index contributed by atoms with van der Waals surface area (Å²) in [5.41, 5.74) is 3.01. The van der Waals surface area contributed by atoms with Crippen LogP contribution in [0.15, 0.2) is 48.5 Å². The Morgan fingerprint density at radius 1 is 0.877 bits per heavy atom. The highest BCUT2D eigenvalue weighted by Crippen LogP contribution is 2.59. The molecule has 1 atom stereocenters. The van der Waals surface area contributed by atoms with E-state index in [0.717, 1.165) is 42.5 Å². The third kappa shape index (κ3) is 5.86. The molecule has 1 N–H and O–H groups in total. The van der Waals surface area contributed by atoms with Gasteiger partial charge in [0.1, 0.15) is 29.7 Å². The molecule has 1 unspecified atom stereocenters. The number of ether oxygens (including phenoxy) is 1. The number of halogens is 1. The maximum Gasteiger partial charge on any atom is 0.262 e. The number of hydrogen-bond donors (Lipinski definition) is 1. The summed E-state index contributed by atoms with van der Waals surface area (Å²) < 4.78 is 6.45. The number of nitrogens with one attached hydrogen (secondary N) is 1. The molecule has 14 heteroatoms. The number of benzene rings is 2. The van der Waals surface area contributed by atoms with Crippen molar-refractivity contribution in [3.8, 4) is 23.7 Å². The number of carbonyl (C=O) groups excluding carboxylic acids is 5. The zero-order valence-corrected chi connectivity index (χ0v) is 32.7. The van der Waals surface area contributed by atoms with Crippen molar-refractivity contribution in [2.75, 3.05) is 31.1 Å². The molecule has 5 amide bonds. The molecule has 1 saturated carbocycles. The monoisotopic (exact) mass is 785 g/mol. The largest absolute Gasteiger partial charge is 0.489 e. The number of likely N-dealkylation sites (tertiary alicyclic amines) is 1.